The van der Waals surface area contributed by atoms with E-state index in [-0.39, 0.29) is 0 Å². The summed E-state index contributed by atoms with van der Waals surface area (Å²) in [6, 6.07) is 0. The van der Waals surface area contributed by atoms with Crippen LogP contribution in [-0.4, -0.2) is 50.2 Å². The highest BCUT2D eigenvalue weighted by molar-refractivity contribution is 5.91. The van der Waals surface area contributed by atoms with Crippen molar-refractivity contribution in [2.75, 3.05) is 33.4 Å². The predicted octanol–water partition coefficient (Wildman–Crippen LogP) is 0.745. The molecule has 1 aliphatic heterocycles. The van der Waals surface area contributed by atoms with E-state index in [1.54, 1.807) is 0 Å². The first-order valence-corrected chi connectivity index (χ1v) is 5.87. The van der Waals surface area contributed by atoms with Crippen LogP contribution in [0.2, 0.25) is 0 Å². The zero-order valence-electron chi connectivity index (χ0n) is 10.2. The summed E-state index contributed by atoms with van der Waals surface area (Å²) in [5.74, 6) is -1.06. The number of rotatable bonds is 5. The number of piperidine rings is 1. The number of methoxy groups -OCH3 is 1. The van der Waals surface area contributed by atoms with Crippen LogP contribution in [0.5, 0.6) is 0 Å². The van der Waals surface area contributed by atoms with Crippen molar-refractivity contribution in [3.05, 3.63) is 12.2 Å². The van der Waals surface area contributed by atoms with Crippen LogP contribution in [0, 0.1) is 0 Å². The fraction of sp³-hybridized carbons (Fsp3) is 0.667. The summed E-state index contributed by atoms with van der Waals surface area (Å²) in [5.41, 5.74) is 0. The van der Waals surface area contributed by atoms with Crippen molar-refractivity contribution in [2.45, 2.75) is 19.3 Å². The molecule has 17 heavy (non-hydrogen) atoms. The van der Waals surface area contributed by atoms with E-state index in [1.807, 2.05) is 0 Å². The minimum atomic E-state index is -0.557. The number of likely N-dealkylation sites (tertiary alicyclic amines) is 1. The lowest BCUT2D eigenvalue weighted by Crippen LogP contribution is -2.33. The van der Waals surface area contributed by atoms with Crippen molar-refractivity contribution >= 4 is 11.9 Å². The Morgan fingerprint density at radius 2 is 1.76 bits per heavy atom. The van der Waals surface area contributed by atoms with Crippen LogP contribution in [0.25, 0.3) is 0 Å². The largest absolute Gasteiger partial charge is 0.466 e. The Bertz CT molecular complexity index is 282. The van der Waals surface area contributed by atoms with E-state index >= 15 is 0 Å². The van der Waals surface area contributed by atoms with Gasteiger partial charge >= 0.3 is 11.9 Å². The lowest BCUT2D eigenvalue weighted by Gasteiger charge is -2.25. The van der Waals surface area contributed by atoms with Gasteiger partial charge in [0.25, 0.3) is 0 Å². The molecule has 1 aliphatic rings. The first-order chi connectivity index (χ1) is 8.22. The molecule has 0 aromatic carbocycles. The minimum absolute atomic E-state index is 0.365. The summed E-state index contributed by atoms with van der Waals surface area (Å²) in [5, 5.41) is 0. The smallest absolute Gasteiger partial charge is 0.331 e. The number of esters is 2. The summed E-state index contributed by atoms with van der Waals surface area (Å²) >= 11 is 0. The van der Waals surface area contributed by atoms with Crippen LogP contribution in [0.1, 0.15) is 19.3 Å². The van der Waals surface area contributed by atoms with Gasteiger partial charge in [0.15, 0.2) is 0 Å². The SMILES string of the molecule is COC(=O)/C=C/C(=O)OCCN1CCCCC1. The van der Waals surface area contributed by atoms with E-state index < -0.39 is 11.9 Å². The highest BCUT2D eigenvalue weighted by atomic mass is 16.5. The fourth-order valence-corrected chi connectivity index (χ4v) is 1.71. The number of nitrogens with zero attached hydrogens (tertiary/aromatic N) is 1. The van der Waals surface area contributed by atoms with Gasteiger partial charge in [0.1, 0.15) is 6.61 Å². The first kappa shape index (κ1) is 13.7. The number of carbonyl (C=O) groups excluding carboxylic acids is 2. The van der Waals surface area contributed by atoms with Crippen LogP contribution < -0.4 is 0 Å². The molecule has 5 heteroatoms. The number of hydrogen-bond acceptors (Lipinski definition) is 5. The Morgan fingerprint density at radius 3 is 2.41 bits per heavy atom. The van der Waals surface area contributed by atoms with Crippen molar-refractivity contribution < 1.29 is 19.1 Å². The maximum Gasteiger partial charge on any atom is 0.331 e. The molecule has 0 N–H and O–H groups in total. The lowest BCUT2D eigenvalue weighted by atomic mass is 10.1. The van der Waals surface area contributed by atoms with Crippen molar-refractivity contribution in [2.24, 2.45) is 0 Å². The Kier molecular flexibility index (Phi) is 6.32. The number of hydrogen-bond donors (Lipinski definition) is 0. The molecule has 1 saturated heterocycles. The van der Waals surface area contributed by atoms with E-state index in [1.165, 1.54) is 26.4 Å². The van der Waals surface area contributed by atoms with Gasteiger partial charge in [-0.3, -0.25) is 4.90 Å². The normalized spacial score (nSPS) is 17.0. The predicted molar refractivity (Wildman–Crippen MR) is 62.4 cm³/mol. The van der Waals surface area contributed by atoms with Crippen LogP contribution in [0.3, 0.4) is 0 Å². The molecule has 0 aliphatic carbocycles. The number of carbonyl (C=O) groups is 2. The molecular formula is C12H19NO4. The van der Waals surface area contributed by atoms with Gasteiger partial charge in [0, 0.05) is 18.7 Å². The van der Waals surface area contributed by atoms with Crippen LogP contribution in [0.15, 0.2) is 12.2 Å². The maximum absolute atomic E-state index is 11.2. The minimum Gasteiger partial charge on any atom is -0.466 e. The molecule has 0 amide bonds. The molecule has 1 heterocycles. The average Bonchev–Trinajstić information content (AvgIpc) is 2.37. The summed E-state index contributed by atoms with van der Waals surface area (Å²) in [4.78, 5) is 24.2. The van der Waals surface area contributed by atoms with E-state index in [0.29, 0.717) is 6.61 Å². The van der Waals surface area contributed by atoms with Crippen molar-refractivity contribution in [3.63, 3.8) is 0 Å². The third-order valence-electron chi connectivity index (χ3n) is 2.66. The zero-order valence-corrected chi connectivity index (χ0v) is 10.2. The van der Waals surface area contributed by atoms with E-state index in [9.17, 15) is 9.59 Å². The highest BCUT2D eigenvalue weighted by Gasteiger charge is 2.09. The summed E-state index contributed by atoms with van der Waals surface area (Å²) in [7, 11) is 1.26. The van der Waals surface area contributed by atoms with E-state index in [2.05, 4.69) is 9.64 Å². The average molecular weight is 241 g/mol. The van der Waals surface area contributed by atoms with Gasteiger partial charge < -0.3 is 9.47 Å². The molecule has 0 unspecified atom stereocenters. The molecule has 0 aromatic rings. The number of ether oxygens (including phenoxy) is 2. The van der Waals surface area contributed by atoms with Crippen molar-refractivity contribution in [3.8, 4) is 0 Å². The van der Waals surface area contributed by atoms with E-state index in [0.717, 1.165) is 31.8 Å². The molecule has 1 fully saturated rings. The Hall–Kier alpha value is -1.36. The Labute approximate surface area is 101 Å². The van der Waals surface area contributed by atoms with Crippen LogP contribution >= 0.6 is 0 Å². The molecule has 0 aromatic heterocycles. The molecule has 0 atom stereocenters. The second kappa shape index (κ2) is 7.84. The first-order valence-electron chi connectivity index (χ1n) is 5.87. The van der Waals surface area contributed by atoms with Crippen LogP contribution in [-0.2, 0) is 19.1 Å². The summed E-state index contributed by atoms with van der Waals surface area (Å²) in [6.45, 7) is 3.28. The van der Waals surface area contributed by atoms with Gasteiger partial charge in [-0.15, -0.1) is 0 Å². The summed E-state index contributed by atoms with van der Waals surface area (Å²) < 4.78 is 9.32. The van der Waals surface area contributed by atoms with Crippen molar-refractivity contribution in [1.29, 1.82) is 0 Å². The third-order valence-corrected chi connectivity index (χ3v) is 2.66. The van der Waals surface area contributed by atoms with Crippen molar-refractivity contribution in [1.82, 2.24) is 4.90 Å². The standard InChI is InChI=1S/C12H19NO4/c1-16-11(14)5-6-12(15)17-10-9-13-7-3-2-4-8-13/h5-6H,2-4,7-10H2,1H3/b6-5+. The van der Waals surface area contributed by atoms with Crippen LogP contribution in [0.4, 0.5) is 0 Å². The molecular weight excluding hydrogens is 222 g/mol. The van der Waals surface area contributed by atoms with Gasteiger partial charge in [-0.25, -0.2) is 9.59 Å². The van der Waals surface area contributed by atoms with Gasteiger partial charge in [0.2, 0.25) is 0 Å². The highest BCUT2D eigenvalue weighted by Crippen LogP contribution is 2.07. The molecule has 0 bridgehead atoms. The van der Waals surface area contributed by atoms with Gasteiger partial charge in [0.05, 0.1) is 7.11 Å². The van der Waals surface area contributed by atoms with E-state index in [4.69, 9.17) is 4.74 Å². The second-order valence-corrected chi connectivity index (χ2v) is 3.93. The Morgan fingerprint density at radius 1 is 1.12 bits per heavy atom. The molecule has 0 saturated carbocycles. The molecule has 0 radical (unpaired) electrons. The molecule has 1 rings (SSSR count). The quantitative estimate of drug-likeness (QED) is 0.525. The van der Waals surface area contributed by atoms with Gasteiger partial charge in [-0.2, -0.15) is 0 Å². The topological polar surface area (TPSA) is 55.8 Å². The monoisotopic (exact) mass is 241 g/mol. The summed E-state index contributed by atoms with van der Waals surface area (Å²) in [6.07, 6.45) is 5.87. The van der Waals surface area contributed by atoms with Gasteiger partial charge in [-0.1, -0.05) is 6.42 Å². The lowest BCUT2D eigenvalue weighted by molar-refractivity contribution is -0.139. The van der Waals surface area contributed by atoms with Gasteiger partial charge in [-0.05, 0) is 25.9 Å². The third kappa shape index (κ3) is 6.06. The maximum atomic E-state index is 11.2. The molecule has 5 nitrogen and oxygen atoms in total. The fourth-order valence-electron chi connectivity index (χ4n) is 1.71. The zero-order chi connectivity index (χ0) is 12.5. The second-order valence-electron chi connectivity index (χ2n) is 3.93. The molecule has 0 spiro atoms. The molecule has 96 valence electrons. The Balaban J connectivity index is 2.11.